The van der Waals surface area contributed by atoms with Gasteiger partial charge < -0.3 is 14.2 Å². The molecule has 100 valence electrons. The molecule has 0 bridgehead atoms. The summed E-state index contributed by atoms with van der Waals surface area (Å²) in [5.41, 5.74) is -0.725. The summed E-state index contributed by atoms with van der Waals surface area (Å²) in [4.78, 5) is 18.2. The first-order valence-corrected chi connectivity index (χ1v) is 6.29. The van der Waals surface area contributed by atoms with Gasteiger partial charge in [0.15, 0.2) is 0 Å². The summed E-state index contributed by atoms with van der Waals surface area (Å²) in [6.45, 7) is 2.18. The van der Waals surface area contributed by atoms with Gasteiger partial charge in [0.2, 0.25) is 5.89 Å². The van der Waals surface area contributed by atoms with E-state index in [0.29, 0.717) is 18.4 Å². The number of carbonyl (C=O) groups is 1. The van der Waals surface area contributed by atoms with Crippen molar-refractivity contribution in [3.05, 3.63) is 5.89 Å². The Kier molecular flexibility index (Phi) is 3.54. The first-order chi connectivity index (χ1) is 8.60. The Balaban J connectivity index is 2.31. The second-order valence-corrected chi connectivity index (χ2v) is 4.80. The van der Waals surface area contributed by atoms with Crippen molar-refractivity contribution < 1.29 is 14.1 Å². The fraction of sp³-hybridized carbons (Fsp3) is 0.750. The molecule has 6 nitrogen and oxygen atoms in total. The Morgan fingerprint density at radius 3 is 2.61 bits per heavy atom. The monoisotopic (exact) mass is 253 g/mol. The Morgan fingerprint density at radius 2 is 2.11 bits per heavy atom. The lowest BCUT2D eigenvalue weighted by molar-refractivity contribution is -0.151. The molecule has 0 amide bonds. The van der Waals surface area contributed by atoms with Crippen LogP contribution in [-0.2, 0) is 14.9 Å². The third kappa shape index (κ3) is 2.07. The third-order valence-electron chi connectivity index (χ3n) is 3.35. The molecule has 1 saturated carbocycles. The number of esters is 1. The van der Waals surface area contributed by atoms with E-state index in [2.05, 4.69) is 10.1 Å². The molecule has 0 aromatic carbocycles. The van der Waals surface area contributed by atoms with Crippen molar-refractivity contribution in [2.45, 2.75) is 38.0 Å². The highest BCUT2D eigenvalue weighted by molar-refractivity contribution is 5.82. The van der Waals surface area contributed by atoms with Gasteiger partial charge >= 0.3 is 5.97 Å². The van der Waals surface area contributed by atoms with Crippen LogP contribution in [-0.4, -0.2) is 36.8 Å². The highest BCUT2D eigenvalue weighted by Crippen LogP contribution is 2.41. The molecule has 1 aliphatic carbocycles. The first kappa shape index (κ1) is 12.9. The summed E-state index contributed by atoms with van der Waals surface area (Å²) in [5.74, 6) is 0.638. The third-order valence-corrected chi connectivity index (χ3v) is 3.35. The average Bonchev–Trinajstić information content (AvgIpc) is 2.99. The van der Waals surface area contributed by atoms with Gasteiger partial charge in [0, 0.05) is 14.1 Å². The van der Waals surface area contributed by atoms with Crippen LogP contribution in [0.15, 0.2) is 4.52 Å². The minimum atomic E-state index is -0.725. The zero-order valence-corrected chi connectivity index (χ0v) is 11.1. The van der Waals surface area contributed by atoms with E-state index >= 15 is 0 Å². The molecule has 1 heterocycles. The molecule has 1 aromatic heterocycles. The van der Waals surface area contributed by atoms with Crippen LogP contribution in [0.4, 0.5) is 5.95 Å². The smallest absolute Gasteiger partial charge is 0.321 e. The summed E-state index contributed by atoms with van der Waals surface area (Å²) in [5, 5.41) is 3.88. The van der Waals surface area contributed by atoms with Gasteiger partial charge in [-0.2, -0.15) is 4.98 Å². The second kappa shape index (κ2) is 4.96. The highest BCUT2D eigenvalue weighted by atomic mass is 16.5. The molecule has 6 heteroatoms. The lowest BCUT2D eigenvalue weighted by Gasteiger charge is -2.21. The fourth-order valence-corrected chi connectivity index (χ4v) is 2.34. The average molecular weight is 253 g/mol. The molecule has 0 saturated heterocycles. The van der Waals surface area contributed by atoms with Crippen molar-refractivity contribution in [1.82, 2.24) is 10.1 Å². The minimum Gasteiger partial charge on any atom is -0.465 e. The van der Waals surface area contributed by atoms with Crippen LogP contribution in [0.3, 0.4) is 0 Å². The SMILES string of the molecule is CCOC(=O)C1(c2nc(N(C)C)no2)CCCC1. The Labute approximate surface area is 106 Å². The number of carbonyl (C=O) groups excluding carboxylic acids is 1. The highest BCUT2D eigenvalue weighted by Gasteiger charge is 2.49. The maximum Gasteiger partial charge on any atom is 0.321 e. The largest absolute Gasteiger partial charge is 0.465 e. The summed E-state index contributed by atoms with van der Waals surface area (Å²) in [7, 11) is 3.67. The van der Waals surface area contributed by atoms with Gasteiger partial charge in [0.1, 0.15) is 5.41 Å². The number of hydrogen-bond donors (Lipinski definition) is 0. The van der Waals surface area contributed by atoms with Crippen LogP contribution in [0.25, 0.3) is 0 Å². The molecule has 18 heavy (non-hydrogen) atoms. The maximum absolute atomic E-state index is 12.2. The van der Waals surface area contributed by atoms with Crippen molar-refractivity contribution >= 4 is 11.9 Å². The Bertz CT molecular complexity index is 422. The molecular weight excluding hydrogens is 234 g/mol. The molecule has 0 unspecified atom stereocenters. The second-order valence-electron chi connectivity index (χ2n) is 4.80. The van der Waals surface area contributed by atoms with Crippen molar-refractivity contribution in [3.8, 4) is 0 Å². The van der Waals surface area contributed by atoms with Gasteiger partial charge in [-0.15, -0.1) is 0 Å². The number of aromatic nitrogens is 2. The fourth-order valence-electron chi connectivity index (χ4n) is 2.34. The van der Waals surface area contributed by atoms with Gasteiger partial charge in [-0.1, -0.05) is 12.8 Å². The van der Waals surface area contributed by atoms with E-state index in [1.54, 1.807) is 11.8 Å². The first-order valence-electron chi connectivity index (χ1n) is 6.29. The molecule has 2 rings (SSSR count). The molecule has 0 spiro atoms. The summed E-state index contributed by atoms with van der Waals surface area (Å²) >= 11 is 0. The van der Waals surface area contributed by atoms with E-state index in [1.165, 1.54) is 0 Å². The van der Waals surface area contributed by atoms with Gasteiger partial charge in [0.25, 0.3) is 5.95 Å². The number of anilines is 1. The zero-order valence-electron chi connectivity index (χ0n) is 11.1. The van der Waals surface area contributed by atoms with Gasteiger partial charge in [0.05, 0.1) is 6.61 Å². The lowest BCUT2D eigenvalue weighted by Crippen LogP contribution is -2.35. The molecule has 1 fully saturated rings. The van der Waals surface area contributed by atoms with Crippen LogP contribution < -0.4 is 4.90 Å². The van der Waals surface area contributed by atoms with Crippen molar-refractivity contribution in [2.75, 3.05) is 25.6 Å². The molecular formula is C12H19N3O3. The maximum atomic E-state index is 12.2. The van der Waals surface area contributed by atoms with Gasteiger partial charge in [-0.05, 0) is 24.9 Å². The summed E-state index contributed by atoms with van der Waals surface area (Å²) in [6, 6.07) is 0. The van der Waals surface area contributed by atoms with Gasteiger partial charge in [-0.25, -0.2) is 0 Å². The van der Waals surface area contributed by atoms with Gasteiger partial charge in [-0.3, -0.25) is 4.79 Å². The molecule has 0 atom stereocenters. The Morgan fingerprint density at radius 1 is 1.44 bits per heavy atom. The minimum absolute atomic E-state index is 0.239. The molecule has 0 radical (unpaired) electrons. The van der Waals surface area contributed by atoms with E-state index < -0.39 is 5.41 Å². The molecule has 1 aliphatic rings. The topological polar surface area (TPSA) is 68.5 Å². The predicted octanol–water partition coefficient (Wildman–Crippen LogP) is 1.51. The summed E-state index contributed by atoms with van der Waals surface area (Å²) in [6.07, 6.45) is 3.42. The lowest BCUT2D eigenvalue weighted by atomic mass is 9.86. The number of nitrogens with zero attached hydrogens (tertiary/aromatic N) is 3. The van der Waals surface area contributed by atoms with E-state index in [9.17, 15) is 4.79 Å². The van der Waals surface area contributed by atoms with Crippen LogP contribution in [0.5, 0.6) is 0 Å². The zero-order chi connectivity index (χ0) is 13.2. The van der Waals surface area contributed by atoms with Crippen LogP contribution in [0, 0.1) is 0 Å². The Hall–Kier alpha value is -1.59. The van der Waals surface area contributed by atoms with Crippen molar-refractivity contribution in [2.24, 2.45) is 0 Å². The van der Waals surface area contributed by atoms with E-state index in [4.69, 9.17) is 9.26 Å². The van der Waals surface area contributed by atoms with Crippen LogP contribution >= 0.6 is 0 Å². The van der Waals surface area contributed by atoms with Crippen LogP contribution in [0.2, 0.25) is 0 Å². The molecule has 0 N–H and O–H groups in total. The molecule has 1 aromatic rings. The quantitative estimate of drug-likeness (QED) is 0.758. The van der Waals surface area contributed by atoms with Crippen molar-refractivity contribution in [3.63, 3.8) is 0 Å². The number of rotatable bonds is 4. The molecule has 0 aliphatic heterocycles. The van der Waals surface area contributed by atoms with Crippen LogP contribution in [0.1, 0.15) is 38.5 Å². The number of hydrogen-bond acceptors (Lipinski definition) is 6. The van der Waals surface area contributed by atoms with Crippen molar-refractivity contribution in [1.29, 1.82) is 0 Å². The van der Waals surface area contributed by atoms with E-state index in [-0.39, 0.29) is 5.97 Å². The number of ether oxygens (including phenoxy) is 1. The standard InChI is InChI=1S/C12H19N3O3/c1-4-17-10(16)12(7-5-6-8-12)9-13-11(14-18-9)15(2)3/h4-8H2,1-3H3. The van der Waals surface area contributed by atoms with E-state index in [0.717, 1.165) is 25.7 Å². The van der Waals surface area contributed by atoms with E-state index in [1.807, 2.05) is 14.1 Å². The normalized spacial score (nSPS) is 17.7. The summed E-state index contributed by atoms with van der Waals surface area (Å²) < 4.78 is 10.5. The predicted molar refractivity (Wildman–Crippen MR) is 65.4 cm³/mol.